The number of rotatable bonds is 4. The maximum Gasteiger partial charge on any atom is 0.240 e. The Balaban J connectivity index is 0.00000192. The number of halogens is 1. The summed E-state index contributed by atoms with van der Waals surface area (Å²) >= 11 is 0. The molecule has 0 saturated carbocycles. The van der Waals surface area contributed by atoms with Crippen molar-refractivity contribution < 1.29 is 4.79 Å². The molecule has 6 heteroatoms. The molecule has 1 amide bonds. The van der Waals surface area contributed by atoms with Gasteiger partial charge in [0.05, 0.1) is 5.71 Å². The number of nitrogens with zero attached hydrogens (tertiary/aromatic N) is 2. The number of hydrogen-bond acceptors (Lipinski definition) is 4. The second-order valence-corrected chi connectivity index (χ2v) is 5.28. The van der Waals surface area contributed by atoms with Crippen molar-refractivity contribution in [3.8, 4) is 0 Å². The lowest BCUT2D eigenvalue weighted by Crippen LogP contribution is -2.33. The van der Waals surface area contributed by atoms with Crippen LogP contribution in [0.1, 0.15) is 25.3 Å². The summed E-state index contributed by atoms with van der Waals surface area (Å²) in [5.74, 6) is 0.180. The number of anilines is 2. The average Bonchev–Trinajstić information content (AvgIpc) is 2.56. The molecular formula is C17H19ClN4O. The van der Waals surface area contributed by atoms with Gasteiger partial charge >= 0.3 is 0 Å². The number of hydrogen-bond donors (Lipinski definition) is 2. The Labute approximate surface area is 141 Å². The van der Waals surface area contributed by atoms with E-state index < -0.39 is 0 Å². The summed E-state index contributed by atoms with van der Waals surface area (Å²) in [6, 6.07) is 11.9. The molecule has 2 aromatic rings. The summed E-state index contributed by atoms with van der Waals surface area (Å²) in [5.41, 5.74) is 6.58. The second-order valence-electron chi connectivity index (χ2n) is 5.28. The molecular weight excluding hydrogens is 312 g/mol. The first-order valence-electron chi connectivity index (χ1n) is 7.40. The molecule has 0 fully saturated rings. The van der Waals surface area contributed by atoms with Gasteiger partial charge in [-0.1, -0.05) is 19.1 Å². The first kappa shape index (κ1) is 17.0. The fourth-order valence-electron chi connectivity index (χ4n) is 2.54. The molecule has 0 bridgehead atoms. The molecule has 1 aliphatic heterocycles. The van der Waals surface area contributed by atoms with Crippen molar-refractivity contribution in [3.05, 3.63) is 54.4 Å². The van der Waals surface area contributed by atoms with Gasteiger partial charge in [0.15, 0.2) is 0 Å². The van der Waals surface area contributed by atoms with Crippen LogP contribution in [0.2, 0.25) is 0 Å². The third-order valence-electron chi connectivity index (χ3n) is 3.76. The largest absolute Gasteiger partial charge is 0.355 e. The molecule has 3 rings (SSSR count). The highest BCUT2D eigenvalue weighted by Gasteiger charge is 2.23. The summed E-state index contributed by atoms with van der Waals surface area (Å²) < 4.78 is 0. The van der Waals surface area contributed by atoms with Crippen LogP contribution in [-0.2, 0) is 4.79 Å². The van der Waals surface area contributed by atoms with Crippen LogP contribution in [0.3, 0.4) is 0 Å². The molecule has 0 saturated heterocycles. The Morgan fingerprint density at radius 3 is 2.43 bits per heavy atom. The highest BCUT2D eigenvalue weighted by atomic mass is 35.5. The van der Waals surface area contributed by atoms with Gasteiger partial charge in [-0.3, -0.25) is 9.78 Å². The number of benzene rings is 1. The third kappa shape index (κ3) is 4.07. The molecule has 5 nitrogen and oxygen atoms in total. The van der Waals surface area contributed by atoms with Crippen LogP contribution >= 0.6 is 12.4 Å². The fraction of sp³-hybridized carbons (Fsp3) is 0.235. The molecule has 1 unspecified atom stereocenters. The SMILES string of the molecule is CCC1CC(=O)NN=C1c1ccc(Nc2ccncc2)cc1.Cl. The highest BCUT2D eigenvalue weighted by Crippen LogP contribution is 2.22. The van der Waals surface area contributed by atoms with E-state index >= 15 is 0 Å². The van der Waals surface area contributed by atoms with E-state index in [2.05, 4.69) is 27.8 Å². The van der Waals surface area contributed by atoms with Crippen LogP contribution in [0, 0.1) is 5.92 Å². The van der Waals surface area contributed by atoms with Crippen molar-refractivity contribution in [2.45, 2.75) is 19.8 Å². The Hall–Kier alpha value is -2.40. The lowest BCUT2D eigenvalue weighted by molar-refractivity contribution is -0.122. The van der Waals surface area contributed by atoms with E-state index in [1.807, 2.05) is 36.4 Å². The Kier molecular flexibility index (Phi) is 5.71. The third-order valence-corrected chi connectivity index (χ3v) is 3.76. The summed E-state index contributed by atoms with van der Waals surface area (Å²) in [7, 11) is 0. The van der Waals surface area contributed by atoms with Crippen molar-refractivity contribution in [2.75, 3.05) is 5.32 Å². The number of nitrogens with one attached hydrogen (secondary N) is 2. The number of pyridine rings is 1. The van der Waals surface area contributed by atoms with Crippen LogP contribution in [-0.4, -0.2) is 16.6 Å². The van der Waals surface area contributed by atoms with Gasteiger partial charge in [-0.25, -0.2) is 5.43 Å². The van der Waals surface area contributed by atoms with E-state index in [9.17, 15) is 4.79 Å². The molecule has 0 radical (unpaired) electrons. The van der Waals surface area contributed by atoms with Gasteiger partial charge in [0.25, 0.3) is 0 Å². The number of carbonyl (C=O) groups excluding carboxylic acids is 1. The predicted molar refractivity (Wildman–Crippen MR) is 94.3 cm³/mol. The lowest BCUT2D eigenvalue weighted by Gasteiger charge is -2.21. The molecule has 120 valence electrons. The smallest absolute Gasteiger partial charge is 0.240 e. The van der Waals surface area contributed by atoms with E-state index in [4.69, 9.17) is 0 Å². The van der Waals surface area contributed by atoms with Crippen LogP contribution < -0.4 is 10.7 Å². The summed E-state index contributed by atoms with van der Waals surface area (Å²) in [6.07, 6.45) is 4.92. The molecule has 1 aromatic carbocycles. The normalized spacial score (nSPS) is 16.8. The van der Waals surface area contributed by atoms with Gasteiger partial charge in [-0.2, -0.15) is 5.10 Å². The zero-order chi connectivity index (χ0) is 15.4. The van der Waals surface area contributed by atoms with Gasteiger partial charge in [0.1, 0.15) is 0 Å². The van der Waals surface area contributed by atoms with Crippen molar-refractivity contribution in [1.29, 1.82) is 0 Å². The van der Waals surface area contributed by atoms with Gasteiger partial charge in [-0.15, -0.1) is 12.4 Å². The van der Waals surface area contributed by atoms with Crippen molar-refractivity contribution >= 4 is 35.4 Å². The highest BCUT2D eigenvalue weighted by molar-refractivity contribution is 6.06. The van der Waals surface area contributed by atoms with Crippen molar-refractivity contribution in [1.82, 2.24) is 10.4 Å². The maximum absolute atomic E-state index is 11.4. The standard InChI is InChI=1S/C17H18N4O.ClH/c1-2-12-11-16(22)20-21-17(12)13-3-5-14(6-4-13)19-15-7-9-18-10-8-15;/h3-10,12H,2,11H2,1H3,(H,18,19)(H,20,22);1H. The van der Waals surface area contributed by atoms with Crippen LogP contribution in [0.5, 0.6) is 0 Å². The summed E-state index contributed by atoms with van der Waals surface area (Å²) in [5, 5.41) is 7.55. The number of aromatic nitrogens is 1. The number of hydrazone groups is 1. The molecule has 23 heavy (non-hydrogen) atoms. The second kappa shape index (κ2) is 7.74. The van der Waals surface area contributed by atoms with E-state index in [1.165, 1.54) is 0 Å². The predicted octanol–water partition coefficient (Wildman–Crippen LogP) is 3.50. The molecule has 1 aromatic heterocycles. The minimum Gasteiger partial charge on any atom is -0.355 e. The van der Waals surface area contributed by atoms with Crippen LogP contribution in [0.4, 0.5) is 11.4 Å². The Morgan fingerprint density at radius 1 is 1.13 bits per heavy atom. The molecule has 0 spiro atoms. The number of amides is 1. The Bertz CT molecular complexity index is 685. The Morgan fingerprint density at radius 2 is 1.78 bits per heavy atom. The zero-order valence-electron chi connectivity index (χ0n) is 12.8. The van der Waals surface area contributed by atoms with Crippen molar-refractivity contribution in [2.24, 2.45) is 11.0 Å². The fourth-order valence-corrected chi connectivity index (χ4v) is 2.54. The lowest BCUT2D eigenvalue weighted by atomic mass is 9.90. The summed E-state index contributed by atoms with van der Waals surface area (Å²) in [4.78, 5) is 15.4. The minimum absolute atomic E-state index is 0. The van der Waals surface area contributed by atoms with Gasteiger partial charge in [-0.05, 0) is 36.2 Å². The van der Waals surface area contributed by atoms with E-state index in [-0.39, 0.29) is 24.2 Å². The van der Waals surface area contributed by atoms with Gasteiger partial charge < -0.3 is 5.32 Å². The molecule has 1 aliphatic rings. The monoisotopic (exact) mass is 330 g/mol. The van der Waals surface area contributed by atoms with E-state index in [1.54, 1.807) is 12.4 Å². The molecule has 1 atom stereocenters. The van der Waals surface area contributed by atoms with Crippen LogP contribution in [0.25, 0.3) is 0 Å². The van der Waals surface area contributed by atoms with Crippen LogP contribution in [0.15, 0.2) is 53.9 Å². The quantitative estimate of drug-likeness (QED) is 0.901. The maximum atomic E-state index is 11.4. The molecule has 2 N–H and O–H groups in total. The topological polar surface area (TPSA) is 66.4 Å². The molecule has 2 heterocycles. The minimum atomic E-state index is -0.00780. The van der Waals surface area contributed by atoms with E-state index in [0.29, 0.717) is 6.42 Å². The average molecular weight is 331 g/mol. The van der Waals surface area contributed by atoms with Crippen molar-refractivity contribution in [3.63, 3.8) is 0 Å². The zero-order valence-corrected chi connectivity index (χ0v) is 13.6. The number of carbonyl (C=O) groups is 1. The van der Waals surface area contributed by atoms with Gasteiger partial charge in [0, 0.05) is 36.1 Å². The van der Waals surface area contributed by atoms with Gasteiger partial charge in [0.2, 0.25) is 5.91 Å². The first-order valence-corrected chi connectivity index (χ1v) is 7.40. The van der Waals surface area contributed by atoms with E-state index in [0.717, 1.165) is 29.1 Å². The first-order chi connectivity index (χ1) is 10.8. The molecule has 0 aliphatic carbocycles. The summed E-state index contributed by atoms with van der Waals surface area (Å²) in [6.45, 7) is 2.08.